The van der Waals surface area contributed by atoms with Crippen LogP contribution >= 0.6 is 0 Å². The number of hydrogen-bond acceptors (Lipinski definition) is 4. The van der Waals surface area contributed by atoms with Crippen molar-refractivity contribution < 1.29 is 0 Å². The fraction of sp³-hybridized carbons (Fsp3) is 0.214. The van der Waals surface area contributed by atoms with Crippen molar-refractivity contribution in [2.24, 2.45) is 0 Å². The normalized spacial score (nSPS) is 12.2. The second kappa shape index (κ2) is 5.56. The Labute approximate surface area is 116 Å². The van der Waals surface area contributed by atoms with Gasteiger partial charge in [-0.1, -0.05) is 12.1 Å². The van der Waals surface area contributed by atoms with Crippen LogP contribution in [0.2, 0.25) is 0 Å². The van der Waals surface area contributed by atoms with Gasteiger partial charge in [0.1, 0.15) is 6.33 Å². The predicted octanol–water partition coefficient (Wildman–Crippen LogP) is 2.17. The van der Waals surface area contributed by atoms with Gasteiger partial charge >= 0.3 is 0 Å². The van der Waals surface area contributed by atoms with E-state index in [1.807, 2.05) is 35.1 Å². The second-order valence-electron chi connectivity index (χ2n) is 4.69. The number of rotatable bonds is 5. The zero-order valence-electron chi connectivity index (χ0n) is 11.2. The van der Waals surface area contributed by atoms with Crippen LogP contribution < -0.4 is 5.32 Å². The molecule has 0 radical (unpaired) electrons. The molecule has 0 unspecified atom stereocenters. The molecule has 0 aliphatic rings. The van der Waals surface area contributed by atoms with Gasteiger partial charge in [-0.3, -0.25) is 9.78 Å². The number of aromatic nitrogens is 5. The maximum Gasteiger partial charge on any atom is 0.155 e. The summed E-state index contributed by atoms with van der Waals surface area (Å²) in [5.41, 5.74) is 2.07. The summed E-state index contributed by atoms with van der Waals surface area (Å²) >= 11 is 0. The molecular weight excluding hydrogens is 252 g/mol. The maximum atomic E-state index is 4.21. The summed E-state index contributed by atoms with van der Waals surface area (Å²) < 4.78 is 1.91. The van der Waals surface area contributed by atoms with Crippen LogP contribution in [-0.2, 0) is 6.54 Å². The summed E-state index contributed by atoms with van der Waals surface area (Å²) in [7, 11) is 0. The molecule has 0 fully saturated rings. The number of aromatic amines is 1. The summed E-state index contributed by atoms with van der Waals surface area (Å²) in [6.45, 7) is 2.95. The molecule has 1 atom stereocenters. The van der Waals surface area contributed by atoms with Gasteiger partial charge < -0.3 is 5.32 Å². The van der Waals surface area contributed by atoms with E-state index in [9.17, 15) is 0 Å². The Morgan fingerprint density at radius 1 is 1.35 bits per heavy atom. The molecule has 0 amide bonds. The van der Waals surface area contributed by atoms with Crippen LogP contribution in [0.25, 0.3) is 11.4 Å². The first kappa shape index (κ1) is 12.4. The zero-order chi connectivity index (χ0) is 13.8. The monoisotopic (exact) mass is 268 g/mol. The van der Waals surface area contributed by atoms with Crippen LogP contribution in [-0.4, -0.2) is 31.0 Å². The lowest BCUT2D eigenvalue weighted by Gasteiger charge is -2.15. The molecule has 1 aromatic carbocycles. The quantitative estimate of drug-likeness (QED) is 0.744. The Balaban J connectivity index is 1.70. The summed E-state index contributed by atoms with van der Waals surface area (Å²) in [4.78, 5) is 4.16. The molecule has 2 heterocycles. The lowest BCUT2D eigenvalue weighted by molar-refractivity contribution is 0.561. The zero-order valence-corrected chi connectivity index (χ0v) is 11.2. The van der Waals surface area contributed by atoms with Crippen LogP contribution in [0.15, 0.2) is 49.1 Å². The smallest absolute Gasteiger partial charge is 0.155 e. The van der Waals surface area contributed by atoms with Crippen LogP contribution in [0.1, 0.15) is 6.92 Å². The van der Waals surface area contributed by atoms with Gasteiger partial charge in [0.25, 0.3) is 0 Å². The molecule has 0 saturated heterocycles. The van der Waals surface area contributed by atoms with Crippen molar-refractivity contribution in [1.29, 1.82) is 0 Å². The lowest BCUT2D eigenvalue weighted by Crippen LogP contribution is -2.22. The molecule has 2 N–H and O–H groups in total. The number of anilines is 1. The van der Waals surface area contributed by atoms with Gasteiger partial charge in [0, 0.05) is 29.7 Å². The van der Waals surface area contributed by atoms with E-state index in [0.717, 1.165) is 23.6 Å². The van der Waals surface area contributed by atoms with Crippen LogP contribution in [0.5, 0.6) is 0 Å². The summed E-state index contributed by atoms with van der Waals surface area (Å²) in [5, 5.41) is 14.4. The topological polar surface area (TPSA) is 71.4 Å². The van der Waals surface area contributed by atoms with Crippen molar-refractivity contribution in [3.8, 4) is 11.4 Å². The van der Waals surface area contributed by atoms with Crippen molar-refractivity contribution >= 4 is 5.69 Å². The molecule has 0 bridgehead atoms. The van der Waals surface area contributed by atoms with E-state index in [1.165, 1.54) is 6.33 Å². The standard InChI is InChI=1S/C14H16N6/c1-11(9-20-7-3-6-17-20)18-13-5-2-4-12(8-13)14-15-10-16-19-14/h2-8,10-11,18H,9H2,1H3,(H,15,16,19)/t11-/m1/s1. The number of hydrogen-bond donors (Lipinski definition) is 2. The molecule has 0 spiro atoms. The van der Waals surface area contributed by atoms with Crippen molar-refractivity contribution in [3.05, 3.63) is 49.1 Å². The van der Waals surface area contributed by atoms with Crippen molar-refractivity contribution in [2.45, 2.75) is 19.5 Å². The summed E-state index contributed by atoms with van der Waals surface area (Å²) in [6, 6.07) is 10.3. The third kappa shape index (κ3) is 2.85. The van der Waals surface area contributed by atoms with Crippen LogP contribution in [0.4, 0.5) is 5.69 Å². The summed E-state index contributed by atoms with van der Waals surface area (Å²) in [6.07, 6.45) is 5.26. The van der Waals surface area contributed by atoms with Crippen molar-refractivity contribution in [2.75, 3.05) is 5.32 Å². The SMILES string of the molecule is C[C@H](Cn1cccn1)Nc1cccc(-c2ncn[nH]2)c1. The van der Waals surface area contributed by atoms with Crippen LogP contribution in [0, 0.1) is 0 Å². The average molecular weight is 268 g/mol. The molecule has 6 nitrogen and oxygen atoms in total. The van der Waals surface area contributed by atoms with Gasteiger partial charge in [0.15, 0.2) is 5.82 Å². The van der Waals surface area contributed by atoms with Gasteiger partial charge in [-0.15, -0.1) is 0 Å². The number of nitrogens with one attached hydrogen (secondary N) is 2. The van der Waals surface area contributed by atoms with E-state index in [4.69, 9.17) is 0 Å². The Morgan fingerprint density at radius 2 is 2.30 bits per heavy atom. The van der Waals surface area contributed by atoms with E-state index in [2.05, 4.69) is 38.6 Å². The first-order chi connectivity index (χ1) is 9.81. The fourth-order valence-electron chi connectivity index (χ4n) is 2.12. The van der Waals surface area contributed by atoms with Crippen molar-refractivity contribution in [1.82, 2.24) is 25.0 Å². The molecule has 2 aromatic heterocycles. The van der Waals surface area contributed by atoms with E-state index >= 15 is 0 Å². The molecular formula is C14H16N6. The third-order valence-electron chi connectivity index (χ3n) is 2.98. The van der Waals surface area contributed by atoms with Crippen molar-refractivity contribution in [3.63, 3.8) is 0 Å². The second-order valence-corrected chi connectivity index (χ2v) is 4.69. The highest BCUT2D eigenvalue weighted by Crippen LogP contribution is 2.19. The molecule has 0 aliphatic heterocycles. The number of H-pyrrole nitrogens is 1. The minimum Gasteiger partial charge on any atom is -0.381 e. The number of nitrogens with zero attached hydrogens (tertiary/aromatic N) is 4. The minimum absolute atomic E-state index is 0.278. The molecule has 3 rings (SSSR count). The Morgan fingerprint density at radius 3 is 3.05 bits per heavy atom. The molecule has 102 valence electrons. The Bertz CT molecular complexity index is 644. The fourth-order valence-corrected chi connectivity index (χ4v) is 2.12. The Hall–Kier alpha value is -2.63. The highest BCUT2D eigenvalue weighted by Gasteiger charge is 2.05. The largest absolute Gasteiger partial charge is 0.381 e. The van der Waals surface area contributed by atoms with E-state index in [0.29, 0.717) is 0 Å². The van der Waals surface area contributed by atoms with Gasteiger partial charge in [-0.05, 0) is 25.1 Å². The highest BCUT2D eigenvalue weighted by molar-refractivity contribution is 5.62. The first-order valence-corrected chi connectivity index (χ1v) is 6.51. The highest BCUT2D eigenvalue weighted by atomic mass is 15.3. The van der Waals surface area contributed by atoms with E-state index in [1.54, 1.807) is 6.20 Å². The van der Waals surface area contributed by atoms with E-state index in [-0.39, 0.29) is 6.04 Å². The third-order valence-corrected chi connectivity index (χ3v) is 2.98. The van der Waals surface area contributed by atoms with Crippen LogP contribution in [0.3, 0.4) is 0 Å². The molecule has 20 heavy (non-hydrogen) atoms. The molecule has 6 heteroatoms. The van der Waals surface area contributed by atoms with E-state index < -0.39 is 0 Å². The van der Waals surface area contributed by atoms with Gasteiger partial charge in [-0.2, -0.15) is 10.2 Å². The van der Waals surface area contributed by atoms with Gasteiger partial charge in [0.2, 0.25) is 0 Å². The molecule has 0 aliphatic carbocycles. The molecule has 3 aromatic rings. The number of benzene rings is 1. The average Bonchev–Trinajstić information content (AvgIpc) is 3.11. The Kier molecular flexibility index (Phi) is 3.45. The van der Waals surface area contributed by atoms with Gasteiger partial charge in [-0.25, -0.2) is 4.98 Å². The molecule has 0 saturated carbocycles. The summed E-state index contributed by atoms with van der Waals surface area (Å²) in [5.74, 6) is 0.772. The van der Waals surface area contributed by atoms with Gasteiger partial charge in [0.05, 0.1) is 6.54 Å². The maximum absolute atomic E-state index is 4.21. The first-order valence-electron chi connectivity index (χ1n) is 6.51. The predicted molar refractivity (Wildman–Crippen MR) is 77.1 cm³/mol. The lowest BCUT2D eigenvalue weighted by atomic mass is 10.2. The minimum atomic E-state index is 0.278.